The monoisotopic (exact) mass is 562 g/mol. The van der Waals surface area contributed by atoms with Gasteiger partial charge in [0, 0.05) is 0 Å². The van der Waals surface area contributed by atoms with Gasteiger partial charge in [0.25, 0.3) is 10.0 Å². The SMILES string of the molecule is COc1cc(C)c([C@@H](C)NC(=O)CN(c2ccc(Cl)c(Cl)c2)S(=O)(=O)c2ccc(C)cc2)cc1C(C)C. The lowest BCUT2D eigenvalue weighted by atomic mass is 9.93. The molecule has 0 unspecified atom stereocenters. The number of hydrogen-bond donors (Lipinski definition) is 1. The van der Waals surface area contributed by atoms with Crippen LogP contribution in [0.3, 0.4) is 0 Å². The maximum atomic E-state index is 13.6. The molecule has 0 bridgehead atoms. The number of hydrogen-bond acceptors (Lipinski definition) is 4. The number of methoxy groups -OCH3 is 1. The highest BCUT2D eigenvalue weighted by Crippen LogP contribution is 2.33. The molecule has 0 aliphatic carbocycles. The molecule has 37 heavy (non-hydrogen) atoms. The lowest BCUT2D eigenvalue weighted by Gasteiger charge is -2.26. The third-order valence-corrected chi connectivity index (χ3v) is 8.70. The van der Waals surface area contributed by atoms with Crippen molar-refractivity contribution in [3.63, 3.8) is 0 Å². The van der Waals surface area contributed by atoms with E-state index in [2.05, 4.69) is 19.2 Å². The Morgan fingerprint density at radius 3 is 2.16 bits per heavy atom. The number of nitrogens with zero attached hydrogens (tertiary/aromatic N) is 1. The third kappa shape index (κ3) is 6.58. The van der Waals surface area contributed by atoms with Gasteiger partial charge in [0.1, 0.15) is 12.3 Å². The fourth-order valence-electron chi connectivity index (χ4n) is 4.10. The molecule has 3 aromatic carbocycles. The summed E-state index contributed by atoms with van der Waals surface area (Å²) in [6.45, 7) is 9.40. The second kappa shape index (κ2) is 11.8. The molecule has 0 spiro atoms. The van der Waals surface area contributed by atoms with Crippen molar-refractivity contribution in [2.45, 2.75) is 51.5 Å². The van der Waals surface area contributed by atoms with Crippen LogP contribution < -0.4 is 14.4 Å². The van der Waals surface area contributed by atoms with Gasteiger partial charge in [-0.05, 0) is 85.8 Å². The van der Waals surface area contributed by atoms with E-state index in [1.165, 1.54) is 30.3 Å². The zero-order chi connectivity index (χ0) is 27.5. The van der Waals surface area contributed by atoms with Crippen molar-refractivity contribution in [1.29, 1.82) is 0 Å². The Labute approximate surface area is 229 Å². The Balaban J connectivity index is 1.94. The number of sulfonamides is 1. The van der Waals surface area contributed by atoms with Crippen LogP contribution in [0.2, 0.25) is 10.0 Å². The van der Waals surface area contributed by atoms with E-state index >= 15 is 0 Å². The Morgan fingerprint density at radius 2 is 1.59 bits per heavy atom. The van der Waals surface area contributed by atoms with E-state index in [1.54, 1.807) is 19.2 Å². The number of nitrogens with one attached hydrogen (secondary N) is 1. The van der Waals surface area contributed by atoms with Gasteiger partial charge in [0.15, 0.2) is 0 Å². The van der Waals surface area contributed by atoms with Gasteiger partial charge in [0.2, 0.25) is 5.91 Å². The molecule has 198 valence electrons. The molecule has 0 aromatic heterocycles. The van der Waals surface area contributed by atoms with Gasteiger partial charge in [-0.3, -0.25) is 9.10 Å². The minimum Gasteiger partial charge on any atom is -0.496 e. The third-order valence-electron chi connectivity index (χ3n) is 6.17. The number of halogens is 2. The topological polar surface area (TPSA) is 75.7 Å². The minimum absolute atomic E-state index is 0.0672. The molecule has 3 aromatic rings. The molecule has 0 aliphatic heterocycles. The molecule has 0 aliphatic rings. The maximum Gasteiger partial charge on any atom is 0.264 e. The fourth-order valence-corrected chi connectivity index (χ4v) is 5.80. The second-order valence-electron chi connectivity index (χ2n) is 9.32. The molecule has 1 atom stereocenters. The highest BCUT2D eigenvalue weighted by Gasteiger charge is 2.28. The summed E-state index contributed by atoms with van der Waals surface area (Å²) in [6.07, 6.45) is 0. The van der Waals surface area contributed by atoms with Crippen molar-refractivity contribution >= 4 is 44.8 Å². The number of ether oxygens (including phenoxy) is 1. The highest BCUT2D eigenvalue weighted by atomic mass is 35.5. The Hall–Kier alpha value is -2.74. The number of rotatable bonds is 9. The lowest BCUT2D eigenvalue weighted by molar-refractivity contribution is -0.120. The molecule has 0 heterocycles. The standard InChI is InChI=1S/C28H32Cl2N2O4S/c1-17(2)23-15-24(19(4)13-27(23)36-6)20(5)31-28(33)16-32(21-9-12-25(29)26(30)14-21)37(34,35)22-10-7-18(3)8-11-22/h7-15,17,20H,16H2,1-6H3,(H,31,33)/t20-/m1/s1. The van der Waals surface area contributed by atoms with Gasteiger partial charge in [-0.25, -0.2) is 8.42 Å². The number of benzene rings is 3. The van der Waals surface area contributed by atoms with Gasteiger partial charge in [-0.15, -0.1) is 0 Å². The summed E-state index contributed by atoms with van der Waals surface area (Å²) in [5.74, 6) is 0.558. The van der Waals surface area contributed by atoms with E-state index < -0.39 is 22.5 Å². The molecule has 9 heteroatoms. The first-order valence-electron chi connectivity index (χ1n) is 11.9. The summed E-state index contributed by atoms with van der Waals surface area (Å²) in [5, 5.41) is 3.43. The van der Waals surface area contributed by atoms with Gasteiger partial charge in [0.05, 0.1) is 33.8 Å². The van der Waals surface area contributed by atoms with Crippen LogP contribution in [0.1, 0.15) is 55.0 Å². The molecule has 0 saturated heterocycles. The second-order valence-corrected chi connectivity index (χ2v) is 12.0. The predicted octanol–water partition coefficient (Wildman–Crippen LogP) is 6.81. The minimum atomic E-state index is -4.08. The molecular weight excluding hydrogens is 531 g/mol. The summed E-state index contributed by atoms with van der Waals surface area (Å²) in [4.78, 5) is 13.3. The van der Waals surface area contributed by atoms with Crippen molar-refractivity contribution in [1.82, 2.24) is 5.32 Å². The summed E-state index contributed by atoms with van der Waals surface area (Å²) in [5.41, 5.74) is 4.08. The first-order valence-corrected chi connectivity index (χ1v) is 14.1. The van der Waals surface area contributed by atoms with Crippen LogP contribution in [0.4, 0.5) is 5.69 Å². The van der Waals surface area contributed by atoms with Crippen LogP contribution in [-0.2, 0) is 14.8 Å². The molecule has 0 fully saturated rings. The predicted molar refractivity (Wildman–Crippen MR) is 151 cm³/mol. The number of aryl methyl sites for hydroxylation is 2. The van der Waals surface area contributed by atoms with Crippen molar-refractivity contribution < 1.29 is 17.9 Å². The van der Waals surface area contributed by atoms with Gasteiger partial charge < -0.3 is 10.1 Å². The lowest BCUT2D eigenvalue weighted by Crippen LogP contribution is -2.41. The Kier molecular flexibility index (Phi) is 9.16. The highest BCUT2D eigenvalue weighted by molar-refractivity contribution is 7.92. The number of anilines is 1. The average Bonchev–Trinajstić information content (AvgIpc) is 2.84. The fraction of sp³-hybridized carbons (Fsp3) is 0.321. The van der Waals surface area contributed by atoms with Gasteiger partial charge in [-0.1, -0.05) is 54.7 Å². The van der Waals surface area contributed by atoms with Crippen LogP contribution >= 0.6 is 23.2 Å². The van der Waals surface area contributed by atoms with E-state index in [-0.39, 0.29) is 32.6 Å². The molecule has 1 N–H and O–H groups in total. The van der Waals surface area contributed by atoms with E-state index in [0.29, 0.717) is 0 Å². The Morgan fingerprint density at radius 1 is 0.946 bits per heavy atom. The number of carbonyl (C=O) groups excluding carboxylic acids is 1. The zero-order valence-corrected chi connectivity index (χ0v) is 24.1. The first-order chi connectivity index (χ1) is 17.3. The molecule has 0 radical (unpaired) electrons. The Bertz CT molecular complexity index is 1390. The van der Waals surface area contributed by atoms with Crippen molar-refractivity contribution in [3.8, 4) is 5.75 Å². The largest absolute Gasteiger partial charge is 0.496 e. The van der Waals surface area contributed by atoms with Crippen molar-refractivity contribution in [3.05, 3.63) is 86.9 Å². The van der Waals surface area contributed by atoms with E-state index in [0.717, 1.165) is 32.3 Å². The van der Waals surface area contributed by atoms with Gasteiger partial charge >= 0.3 is 0 Å². The van der Waals surface area contributed by atoms with Crippen molar-refractivity contribution in [2.24, 2.45) is 0 Å². The van der Waals surface area contributed by atoms with Crippen LogP contribution in [0.25, 0.3) is 0 Å². The molecule has 6 nitrogen and oxygen atoms in total. The first kappa shape index (κ1) is 28.8. The molecule has 1 amide bonds. The summed E-state index contributed by atoms with van der Waals surface area (Å²) in [6, 6.07) is 14.5. The summed E-state index contributed by atoms with van der Waals surface area (Å²) >= 11 is 12.3. The maximum absolute atomic E-state index is 13.6. The van der Waals surface area contributed by atoms with Crippen LogP contribution in [0, 0.1) is 13.8 Å². The van der Waals surface area contributed by atoms with Crippen LogP contribution in [0.15, 0.2) is 59.5 Å². The van der Waals surface area contributed by atoms with E-state index in [9.17, 15) is 13.2 Å². The van der Waals surface area contributed by atoms with E-state index in [4.69, 9.17) is 27.9 Å². The zero-order valence-electron chi connectivity index (χ0n) is 21.8. The average molecular weight is 564 g/mol. The van der Waals surface area contributed by atoms with Crippen LogP contribution in [0.5, 0.6) is 5.75 Å². The van der Waals surface area contributed by atoms with Gasteiger partial charge in [-0.2, -0.15) is 0 Å². The number of amides is 1. The quantitative estimate of drug-likeness (QED) is 0.310. The molecule has 0 saturated carbocycles. The van der Waals surface area contributed by atoms with E-state index in [1.807, 2.05) is 32.9 Å². The number of carbonyl (C=O) groups is 1. The molecule has 3 rings (SSSR count). The smallest absolute Gasteiger partial charge is 0.264 e. The summed E-state index contributed by atoms with van der Waals surface area (Å²) < 4.78 is 33.8. The van der Waals surface area contributed by atoms with Crippen molar-refractivity contribution in [2.75, 3.05) is 18.0 Å². The van der Waals surface area contributed by atoms with Crippen LogP contribution in [-0.4, -0.2) is 28.0 Å². The molecular formula is C28H32Cl2N2O4S. The normalized spacial score (nSPS) is 12.4. The summed E-state index contributed by atoms with van der Waals surface area (Å²) in [7, 11) is -2.44.